The Balaban J connectivity index is 1.99. The van der Waals surface area contributed by atoms with Crippen LogP contribution < -0.4 is 5.32 Å². The smallest absolute Gasteiger partial charge is 0.252 e. The molecule has 2 rings (SSSR count). The number of benzene rings is 1. The first-order valence-corrected chi connectivity index (χ1v) is 6.14. The fourth-order valence-electron chi connectivity index (χ4n) is 2.23. The first kappa shape index (κ1) is 12.1. The summed E-state index contributed by atoms with van der Waals surface area (Å²) in [7, 11) is 0. The highest BCUT2D eigenvalue weighted by molar-refractivity contribution is 5.96. The van der Waals surface area contributed by atoms with E-state index < -0.39 is 0 Å². The van der Waals surface area contributed by atoms with E-state index in [1.807, 2.05) is 31.2 Å². The summed E-state index contributed by atoms with van der Waals surface area (Å²) in [6.45, 7) is 8.06. The molecule has 17 heavy (non-hydrogen) atoms. The Morgan fingerprint density at radius 1 is 1.35 bits per heavy atom. The fourth-order valence-corrected chi connectivity index (χ4v) is 2.23. The summed E-state index contributed by atoms with van der Waals surface area (Å²) in [5, 5.41) is 3.03. The van der Waals surface area contributed by atoms with Gasteiger partial charge in [-0.05, 0) is 38.3 Å². The van der Waals surface area contributed by atoms with Crippen LogP contribution in [0.25, 0.3) is 0 Å². The average Bonchev–Trinajstić information content (AvgIpc) is 2.82. The molecular formula is C14H19N2O. The van der Waals surface area contributed by atoms with E-state index in [9.17, 15) is 4.79 Å². The molecule has 1 fully saturated rings. The van der Waals surface area contributed by atoms with E-state index in [1.165, 1.54) is 12.8 Å². The van der Waals surface area contributed by atoms with E-state index in [0.717, 1.165) is 18.7 Å². The third-order valence-corrected chi connectivity index (χ3v) is 3.29. The van der Waals surface area contributed by atoms with Gasteiger partial charge in [-0.2, -0.15) is 0 Å². The predicted octanol–water partition coefficient (Wildman–Crippen LogP) is 2.04. The van der Waals surface area contributed by atoms with Gasteiger partial charge in [-0.25, -0.2) is 0 Å². The number of hydrogen-bond acceptors (Lipinski definition) is 2. The predicted molar refractivity (Wildman–Crippen MR) is 68.6 cm³/mol. The Hall–Kier alpha value is -1.35. The number of amides is 1. The molecule has 0 aliphatic carbocycles. The fraction of sp³-hybridized carbons (Fsp3) is 0.429. The standard InChI is InChI=1S/C14H19N2O/c1-11-7-3-4-8-13(11)14(17)15-12(2)16-9-5-6-10-16/h3-4,7-8,12H,1,5-6,9-10H2,2H3,(H,15,17). The van der Waals surface area contributed by atoms with Crippen molar-refractivity contribution in [2.45, 2.75) is 25.9 Å². The molecule has 3 heteroatoms. The molecule has 1 aromatic rings. The van der Waals surface area contributed by atoms with Gasteiger partial charge in [0.2, 0.25) is 0 Å². The molecule has 0 bridgehead atoms. The van der Waals surface area contributed by atoms with E-state index in [4.69, 9.17) is 0 Å². The molecular weight excluding hydrogens is 212 g/mol. The van der Waals surface area contributed by atoms with Crippen LogP contribution in [0.2, 0.25) is 0 Å². The highest BCUT2D eigenvalue weighted by atomic mass is 16.1. The lowest BCUT2D eigenvalue weighted by Gasteiger charge is -2.24. The summed E-state index contributed by atoms with van der Waals surface area (Å²) in [6, 6.07) is 7.43. The van der Waals surface area contributed by atoms with Crippen molar-refractivity contribution in [1.29, 1.82) is 0 Å². The lowest BCUT2D eigenvalue weighted by Crippen LogP contribution is -2.44. The van der Waals surface area contributed by atoms with Crippen LogP contribution in [-0.2, 0) is 0 Å². The van der Waals surface area contributed by atoms with Gasteiger partial charge in [-0.1, -0.05) is 18.2 Å². The van der Waals surface area contributed by atoms with Crippen LogP contribution >= 0.6 is 0 Å². The summed E-state index contributed by atoms with van der Waals surface area (Å²) in [4.78, 5) is 14.4. The Bertz CT molecular complexity index is 397. The summed E-state index contributed by atoms with van der Waals surface area (Å²) >= 11 is 0. The minimum Gasteiger partial charge on any atom is -0.337 e. The number of carbonyl (C=O) groups excluding carboxylic acids is 1. The number of rotatable bonds is 3. The van der Waals surface area contributed by atoms with Gasteiger partial charge in [0.15, 0.2) is 0 Å². The van der Waals surface area contributed by atoms with E-state index in [-0.39, 0.29) is 12.1 Å². The monoisotopic (exact) mass is 231 g/mol. The third-order valence-electron chi connectivity index (χ3n) is 3.29. The van der Waals surface area contributed by atoms with Gasteiger partial charge in [0, 0.05) is 18.7 Å². The van der Waals surface area contributed by atoms with Gasteiger partial charge < -0.3 is 5.32 Å². The van der Waals surface area contributed by atoms with Crippen LogP contribution in [0.1, 0.15) is 35.7 Å². The van der Waals surface area contributed by atoms with Crippen molar-refractivity contribution in [3.63, 3.8) is 0 Å². The molecule has 1 saturated heterocycles. The van der Waals surface area contributed by atoms with Gasteiger partial charge in [0.25, 0.3) is 5.91 Å². The lowest BCUT2D eigenvalue weighted by atomic mass is 10.1. The highest BCUT2D eigenvalue weighted by Crippen LogP contribution is 2.11. The summed E-state index contributed by atoms with van der Waals surface area (Å²) in [6.07, 6.45) is 2.56. The molecule has 1 heterocycles. The number of carbonyl (C=O) groups is 1. The summed E-state index contributed by atoms with van der Waals surface area (Å²) in [5.74, 6) is -0.0324. The molecule has 1 aliphatic heterocycles. The van der Waals surface area contributed by atoms with Crippen molar-refractivity contribution in [1.82, 2.24) is 10.2 Å². The molecule has 1 radical (unpaired) electrons. The van der Waals surface area contributed by atoms with E-state index in [0.29, 0.717) is 5.56 Å². The quantitative estimate of drug-likeness (QED) is 0.863. The SMILES string of the molecule is [CH2]c1ccccc1C(=O)NC(C)N1CCCC1. The van der Waals surface area contributed by atoms with Gasteiger partial charge >= 0.3 is 0 Å². The number of likely N-dealkylation sites (tertiary alicyclic amines) is 1. The second kappa shape index (κ2) is 5.32. The highest BCUT2D eigenvalue weighted by Gasteiger charge is 2.20. The van der Waals surface area contributed by atoms with Crippen LogP contribution in [0.5, 0.6) is 0 Å². The Labute approximate surface area is 103 Å². The maximum absolute atomic E-state index is 12.1. The van der Waals surface area contributed by atoms with Gasteiger partial charge in [-0.15, -0.1) is 0 Å². The molecule has 1 amide bonds. The average molecular weight is 231 g/mol. The van der Waals surface area contributed by atoms with Crippen LogP contribution in [0.15, 0.2) is 24.3 Å². The van der Waals surface area contributed by atoms with Crippen LogP contribution in [0, 0.1) is 6.92 Å². The largest absolute Gasteiger partial charge is 0.337 e. The molecule has 91 valence electrons. The lowest BCUT2D eigenvalue weighted by molar-refractivity contribution is 0.0885. The third kappa shape index (κ3) is 2.86. The van der Waals surface area contributed by atoms with Crippen LogP contribution in [0.4, 0.5) is 0 Å². The molecule has 0 spiro atoms. The Morgan fingerprint density at radius 3 is 2.65 bits per heavy atom. The molecule has 3 nitrogen and oxygen atoms in total. The van der Waals surface area contributed by atoms with Crippen molar-refractivity contribution < 1.29 is 4.79 Å². The van der Waals surface area contributed by atoms with Crippen LogP contribution in [-0.4, -0.2) is 30.1 Å². The van der Waals surface area contributed by atoms with Gasteiger partial charge in [0.1, 0.15) is 0 Å². The summed E-state index contributed by atoms with van der Waals surface area (Å²) in [5.41, 5.74) is 1.44. The molecule has 1 aromatic carbocycles. The van der Waals surface area contributed by atoms with Crippen LogP contribution in [0.3, 0.4) is 0 Å². The normalized spacial score (nSPS) is 18.0. The van der Waals surface area contributed by atoms with Crippen molar-refractivity contribution in [2.75, 3.05) is 13.1 Å². The van der Waals surface area contributed by atoms with Crippen molar-refractivity contribution in [2.24, 2.45) is 0 Å². The van der Waals surface area contributed by atoms with E-state index in [2.05, 4.69) is 17.1 Å². The minimum atomic E-state index is -0.0324. The molecule has 1 atom stereocenters. The van der Waals surface area contributed by atoms with E-state index in [1.54, 1.807) is 0 Å². The topological polar surface area (TPSA) is 32.3 Å². The van der Waals surface area contributed by atoms with Gasteiger partial charge in [-0.3, -0.25) is 9.69 Å². The zero-order valence-electron chi connectivity index (χ0n) is 10.3. The van der Waals surface area contributed by atoms with Crippen molar-refractivity contribution in [3.8, 4) is 0 Å². The Kier molecular flexibility index (Phi) is 3.79. The molecule has 0 aromatic heterocycles. The molecule has 1 unspecified atom stereocenters. The number of nitrogens with one attached hydrogen (secondary N) is 1. The van der Waals surface area contributed by atoms with Gasteiger partial charge in [0.05, 0.1) is 6.17 Å². The van der Waals surface area contributed by atoms with Crippen molar-refractivity contribution in [3.05, 3.63) is 42.3 Å². The molecule has 1 aliphatic rings. The first-order valence-electron chi connectivity index (χ1n) is 6.14. The van der Waals surface area contributed by atoms with E-state index >= 15 is 0 Å². The second-order valence-electron chi connectivity index (χ2n) is 4.55. The zero-order chi connectivity index (χ0) is 12.3. The minimum absolute atomic E-state index is 0.0324. The number of nitrogens with zero attached hydrogens (tertiary/aromatic N) is 1. The van der Waals surface area contributed by atoms with Crippen molar-refractivity contribution >= 4 is 5.91 Å². The zero-order valence-corrected chi connectivity index (χ0v) is 10.3. The summed E-state index contributed by atoms with van der Waals surface area (Å²) < 4.78 is 0. The maximum Gasteiger partial charge on any atom is 0.252 e. The Morgan fingerprint density at radius 2 is 2.00 bits per heavy atom. The first-order chi connectivity index (χ1) is 8.18. The molecule has 0 saturated carbocycles. The maximum atomic E-state index is 12.1. The second-order valence-corrected chi connectivity index (χ2v) is 4.55. The molecule has 1 N–H and O–H groups in total. The number of hydrogen-bond donors (Lipinski definition) is 1.